The Bertz CT molecular complexity index is 689. The van der Waals surface area contributed by atoms with E-state index in [0.717, 1.165) is 18.4 Å². The molecule has 0 radical (unpaired) electrons. The summed E-state index contributed by atoms with van der Waals surface area (Å²) >= 11 is 6.25. The number of rotatable bonds is 4. The van der Waals surface area contributed by atoms with Gasteiger partial charge in [-0.2, -0.15) is 0 Å². The Kier molecular flexibility index (Phi) is 3.72. The van der Waals surface area contributed by atoms with Gasteiger partial charge in [0.15, 0.2) is 0 Å². The Balaban J connectivity index is 2.03. The molecule has 21 heavy (non-hydrogen) atoms. The lowest BCUT2D eigenvalue weighted by molar-refractivity contribution is 0.0489. The van der Waals surface area contributed by atoms with Crippen LogP contribution >= 0.6 is 11.6 Å². The number of carbonyl (C=O) groups excluding carboxylic acids is 1. The molecule has 0 spiro atoms. The second kappa shape index (κ2) is 5.53. The summed E-state index contributed by atoms with van der Waals surface area (Å²) < 4.78 is 10.7. The third-order valence-electron chi connectivity index (χ3n) is 3.43. The minimum atomic E-state index is -0.457. The standard InChI is InChI=1S/C16H16ClNO3/c1-3-20-16(19)14-13(10-5-6-10)18-15(21-14)11-7-4-9(2)8-12(11)17/h4,7-8,10H,3,5-6H2,1-2H3. The minimum absolute atomic E-state index is 0.214. The highest BCUT2D eigenvalue weighted by atomic mass is 35.5. The number of ether oxygens (including phenoxy) is 1. The highest BCUT2D eigenvalue weighted by molar-refractivity contribution is 6.33. The summed E-state index contributed by atoms with van der Waals surface area (Å²) in [7, 11) is 0. The molecule has 1 aliphatic rings. The van der Waals surface area contributed by atoms with Crippen LogP contribution in [0.25, 0.3) is 11.5 Å². The van der Waals surface area contributed by atoms with E-state index in [2.05, 4.69) is 4.98 Å². The Labute approximate surface area is 128 Å². The summed E-state index contributed by atoms with van der Waals surface area (Å²) in [4.78, 5) is 16.5. The van der Waals surface area contributed by atoms with E-state index in [0.29, 0.717) is 34.7 Å². The molecule has 5 heteroatoms. The first-order valence-electron chi connectivity index (χ1n) is 7.04. The molecule has 0 N–H and O–H groups in total. The number of hydrogen-bond donors (Lipinski definition) is 0. The van der Waals surface area contributed by atoms with Crippen molar-refractivity contribution in [1.82, 2.24) is 4.98 Å². The van der Waals surface area contributed by atoms with Crippen molar-refractivity contribution < 1.29 is 13.9 Å². The maximum atomic E-state index is 12.0. The number of benzene rings is 1. The third kappa shape index (κ3) is 2.81. The van der Waals surface area contributed by atoms with Crippen LogP contribution in [0.1, 0.15) is 47.5 Å². The largest absolute Gasteiger partial charge is 0.460 e. The number of halogens is 1. The van der Waals surface area contributed by atoms with Crippen molar-refractivity contribution in [3.63, 3.8) is 0 Å². The molecule has 0 saturated heterocycles. The molecule has 1 aromatic heterocycles. The van der Waals surface area contributed by atoms with Crippen molar-refractivity contribution in [2.75, 3.05) is 6.61 Å². The van der Waals surface area contributed by atoms with Gasteiger partial charge in [0.1, 0.15) is 0 Å². The fourth-order valence-corrected chi connectivity index (χ4v) is 2.53. The molecule has 1 saturated carbocycles. The first kappa shape index (κ1) is 14.1. The lowest BCUT2D eigenvalue weighted by atomic mass is 10.1. The van der Waals surface area contributed by atoms with Gasteiger partial charge in [-0.3, -0.25) is 0 Å². The van der Waals surface area contributed by atoms with Crippen LogP contribution in [0.4, 0.5) is 0 Å². The molecule has 3 rings (SSSR count). The average Bonchev–Trinajstić information content (AvgIpc) is 3.19. The van der Waals surface area contributed by atoms with E-state index in [9.17, 15) is 4.79 Å². The van der Waals surface area contributed by atoms with E-state index >= 15 is 0 Å². The van der Waals surface area contributed by atoms with Crippen molar-refractivity contribution in [2.45, 2.75) is 32.6 Å². The predicted molar refractivity (Wildman–Crippen MR) is 79.6 cm³/mol. The molecule has 0 bridgehead atoms. The summed E-state index contributed by atoms with van der Waals surface area (Å²) in [5.74, 6) is 0.434. The van der Waals surface area contributed by atoms with Crippen LogP contribution in [-0.2, 0) is 4.74 Å². The molecule has 1 aliphatic carbocycles. The van der Waals surface area contributed by atoms with Gasteiger partial charge in [0.25, 0.3) is 0 Å². The molecule has 1 aromatic carbocycles. The van der Waals surface area contributed by atoms with Gasteiger partial charge in [-0.1, -0.05) is 17.7 Å². The molecule has 1 fully saturated rings. The molecule has 0 atom stereocenters. The van der Waals surface area contributed by atoms with Gasteiger partial charge in [0.05, 0.1) is 22.9 Å². The molecule has 2 aromatic rings. The second-order valence-electron chi connectivity index (χ2n) is 5.21. The van der Waals surface area contributed by atoms with E-state index in [4.69, 9.17) is 20.8 Å². The minimum Gasteiger partial charge on any atom is -0.460 e. The van der Waals surface area contributed by atoms with Gasteiger partial charge >= 0.3 is 5.97 Å². The number of oxazole rings is 1. The van der Waals surface area contributed by atoms with Crippen LogP contribution in [0.5, 0.6) is 0 Å². The van der Waals surface area contributed by atoms with E-state index in [1.165, 1.54) is 0 Å². The number of esters is 1. The summed E-state index contributed by atoms with van der Waals surface area (Å²) in [5.41, 5.74) is 2.45. The zero-order chi connectivity index (χ0) is 15.0. The van der Waals surface area contributed by atoms with Crippen LogP contribution in [0.2, 0.25) is 5.02 Å². The summed E-state index contributed by atoms with van der Waals surface area (Å²) in [6.45, 7) is 4.04. The summed E-state index contributed by atoms with van der Waals surface area (Å²) in [5, 5.41) is 0.564. The zero-order valence-electron chi connectivity index (χ0n) is 12.0. The summed E-state index contributed by atoms with van der Waals surface area (Å²) in [6.07, 6.45) is 2.06. The smallest absolute Gasteiger partial charge is 0.376 e. The number of aromatic nitrogens is 1. The van der Waals surface area contributed by atoms with Crippen LogP contribution in [0, 0.1) is 6.92 Å². The Morgan fingerprint density at radius 1 is 1.48 bits per heavy atom. The molecule has 4 nitrogen and oxygen atoms in total. The molecule has 0 aliphatic heterocycles. The monoisotopic (exact) mass is 305 g/mol. The Hall–Kier alpha value is -1.81. The van der Waals surface area contributed by atoms with Gasteiger partial charge in [-0.15, -0.1) is 0 Å². The Morgan fingerprint density at radius 2 is 2.24 bits per heavy atom. The maximum Gasteiger partial charge on any atom is 0.376 e. The molecule has 110 valence electrons. The van der Waals surface area contributed by atoms with Gasteiger partial charge in [-0.05, 0) is 44.4 Å². The third-order valence-corrected chi connectivity index (χ3v) is 3.75. The Morgan fingerprint density at radius 3 is 2.86 bits per heavy atom. The first-order chi connectivity index (χ1) is 10.1. The van der Waals surface area contributed by atoms with E-state index in [1.807, 2.05) is 25.1 Å². The molecule has 0 unspecified atom stereocenters. The molecular weight excluding hydrogens is 290 g/mol. The highest BCUT2D eigenvalue weighted by Crippen LogP contribution is 2.43. The number of nitrogens with zero attached hydrogens (tertiary/aromatic N) is 1. The quantitative estimate of drug-likeness (QED) is 0.788. The van der Waals surface area contributed by atoms with Gasteiger partial charge in [0.2, 0.25) is 11.7 Å². The predicted octanol–water partition coefficient (Wildman–Crippen LogP) is 4.36. The summed E-state index contributed by atoms with van der Waals surface area (Å²) in [6, 6.07) is 5.64. The highest BCUT2D eigenvalue weighted by Gasteiger charge is 2.34. The number of aryl methyl sites for hydroxylation is 1. The number of hydrogen-bond acceptors (Lipinski definition) is 4. The lowest BCUT2D eigenvalue weighted by Crippen LogP contribution is -2.05. The van der Waals surface area contributed by atoms with Gasteiger partial charge in [0, 0.05) is 5.92 Å². The lowest BCUT2D eigenvalue weighted by Gasteiger charge is -2.01. The fraction of sp³-hybridized carbons (Fsp3) is 0.375. The van der Waals surface area contributed by atoms with Crippen LogP contribution in [-0.4, -0.2) is 17.6 Å². The number of carbonyl (C=O) groups is 1. The van der Waals surface area contributed by atoms with Gasteiger partial charge < -0.3 is 9.15 Å². The van der Waals surface area contributed by atoms with Crippen molar-refractivity contribution in [3.05, 3.63) is 40.2 Å². The fourth-order valence-electron chi connectivity index (χ4n) is 2.22. The molecule has 0 amide bonds. The molecule has 1 heterocycles. The van der Waals surface area contributed by atoms with Crippen molar-refractivity contribution in [1.29, 1.82) is 0 Å². The van der Waals surface area contributed by atoms with Gasteiger partial charge in [-0.25, -0.2) is 9.78 Å². The maximum absolute atomic E-state index is 12.0. The van der Waals surface area contributed by atoms with E-state index in [-0.39, 0.29) is 5.76 Å². The topological polar surface area (TPSA) is 52.3 Å². The van der Waals surface area contributed by atoms with E-state index < -0.39 is 5.97 Å². The van der Waals surface area contributed by atoms with E-state index in [1.54, 1.807) is 6.92 Å². The first-order valence-corrected chi connectivity index (χ1v) is 7.42. The normalized spacial score (nSPS) is 14.2. The second-order valence-corrected chi connectivity index (χ2v) is 5.62. The average molecular weight is 306 g/mol. The van der Waals surface area contributed by atoms with Crippen LogP contribution in [0.15, 0.2) is 22.6 Å². The van der Waals surface area contributed by atoms with Crippen molar-refractivity contribution in [3.8, 4) is 11.5 Å². The molecular formula is C16H16ClNO3. The van der Waals surface area contributed by atoms with Crippen molar-refractivity contribution >= 4 is 17.6 Å². The van der Waals surface area contributed by atoms with Crippen LogP contribution in [0.3, 0.4) is 0 Å². The zero-order valence-corrected chi connectivity index (χ0v) is 12.7. The SMILES string of the molecule is CCOC(=O)c1oc(-c2ccc(C)cc2Cl)nc1C1CC1. The van der Waals surface area contributed by atoms with Crippen molar-refractivity contribution in [2.24, 2.45) is 0 Å². The van der Waals surface area contributed by atoms with Crippen LogP contribution < -0.4 is 0 Å².